The summed E-state index contributed by atoms with van der Waals surface area (Å²) in [5.41, 5.74) is 8.55. The molecule has 0 atom stereocenters. The lowest BCUT2D eigenvalue weighted by molar-refractivity contribution is 1.07. The van der Waals surface area contributed by atoms with Crippen LogP contribution in [0.25, 0.3) is 72.8 Å². The van der Waals surface area contributed by atoms with Gasteiger partial charge in [0.2, 0.25) is 0 Å². The number of benzene rings is 6. The monoisotopic (exact) mass is 550 g/mol. The molecule has 202 valence electrons. The quantitative estimate of drug-likeness (QED) is 0.214. The van der Waals surface area contributed by atoms with Crippen LogP contribution in [-0.2, 0) is 0 Å². The number of rotatable bonds is 5. The molecule has 2 heterocycles. The molecule has 4 heteroatoms. The van der Waals surface area contributed by atoms with E-state index in [4.69, 9.17) is 15.0 Å². The lowest BCUT2D eigenvalue weighted by atomic mass is 10.0. The fraction of sp³-hybridized carbons (Fsp3) is 0. The van der Waals surface area contributed by atoms with Crippen molar-refractivity contribution < 1.29 is 0 Å². The Morgan fingerprint density at radius 2 is 0.744 bits per heavy atom. The number of nitrogens with zero attached hydrogens (tertiary/aromatic N) is 4. The number of para-hydroxylation sites is 2. The van der Waals surface area contributed by atoms with Crippen LogP contribution in [0.2, 0.25) is 0 Å². The maximum absolute atomic E-state index is 5.02. The van der Waals surface area contributed by atoms with Gasteiger partial charge in [-0.15, -0.1) is 0 Å². The molecule has 0 saturated heterocycles. The Labute approximate surface area is 249 Å². The van der Waals surface area contributed by atoms with Gasteiger partial charge in [-0.1, -0.05) is 133 Å². The van der Waals surface area contributed by atoms with Gasteiger partial charge in [0.25, 0.3) is 0 Å². The third-order valence-corrected chi connectivity index (χ3v) is 7.86. The molecular weight excluding hydrogens is 524 g/mol. The predicted octanol–water partition coefficient (Wildman–Crippen LogP) is 9.64. The van der Waals surface area contributed by atoms with Crippen LogP contribution in [0, 0.1) is 0 Å². The van der Waals surface area contributed by atoms with Crippen molar-refractivity contribution >= 4 is 21.8 Å². The van der Waals surface area contributed by atoms with E-state index in [0.717, 1.165) is 27.9 Å². The summed E-state index contributed by atoms with van der Waals surface area (Å²) in [5, 5.41) is 2.47. The fourth-order valence-electron chi connectivity index (χ4n) is 5.78. The normalized spacial score (nSPS) is 11.3. The molecule has 0 aliphatic carbocycles. The minimum Gasteiger partial charge on any atom is -0.309 e. The van der Waals surface area contributed by atoms with Crippen molar-refractivity contribution in [2.45, 2.75) is 0 Å². The zero-order chi connectivity index (χ0) is 28.6. The first-order valence-electron chi connectivity index (χ1n) is 14.4. The molecule has 8 rings (SSSR count). The number of aromatic nitrogens is 4. The predicted molar refractivity (Wildman–Crippen MR) is 176 cm³/mol. The van der Waals surface area contributed by atoms with Crippen LogP contribution in [0.4, 0.5) is 0 Å². The van der Waals surface area contributed by atoms with Crippen LogP contribution in [-0.4, -0.2) is 19.5 Å². The molecule has 43 heavy (non-hydrogen) atoms. The highest BCUT2D eigenvalue weighted by molar-refractivity contribution is 6.09. The summed E-state index contributed by atoms with van der Waals surface area (Å²) in [4.78, 5) is 14.9. The molecule has 0 N–H and O–H groups in total. The topological polar surface area (TPSA) is 43.6 Å². The van der Waals surface area contributed by atoms with E-state index in [1.54, 1.807) is 0 Å². The van der Waals surface area contributed by atoms with Crippen LogP contribution < -0.4 is 0 Å². The maximum Gasteiger partial charge on any atom is 0.164 e. The van der Waals surface area contributed by atoms with Crippen molar-refractivity contribution in [3.05, 3.63) is 158 Å². The third-order valence-electron chi connectivity index (χ3n) is 7.86. The highest BCUT2D eigenvalue weighted by Crippen LogP contribution is 2.33. The third kappa shape index (κ3) is 4.55. The van der Waals surface area contributed by atoms with Crippen molar-refractivity contribution in [1.82, 2.24) is 19.5 Å². The van der Waals surface area contributed by atoms with Gasteiger partial charge in [0.15, 0.2) is 17.5 Å². The molecule has 6 aromatic carbocycles. The van der Waals surface area contributed by atoms with E-state index in [0.29, 0.717) is 17.5 Å². The van der Waals surface area contributed by atoms with E-state index in [-0.39, 0.29) is 0 Å². The first-order chi connectivity index (χ1) is 21.3. The zero-order valence-electron chi connectivity index (χ0n) is 23.3. The Balaban J connectivity index is 1.27. The summed E-state index contributed by atoms with van der Waals surface area (Å²) in [6.45, 7) is 0. The molecule has 0 aliphatic heterocycles. The van der Waals surface area contributed by atoms with E-state index in [9.17, 15) is 0 Å². The summed E-state index contributed by atoms with van der Waals surface area (Å²) in [5.74, 6) is 1.93. The van der Waals surface area contributed by atoms with Crippen molar-refractivity contribution in [2.75, 3.05) is 0 Å². The molecule has 8 aromatic rings. The summed E-state index contributed by atoms with van der Waals surface area (Å²) in [6.07, 6.45) is 0. The first kappa shape index (κ1) is 24.9. The molecule has 0 fully saturated rings. The lowest BCUT2D eigenvalue weighted by Crippen LogP contribution is -2.01. The van der Waals surface area contributed by atoms with Gasteiger partial charge in [-0.3, -0.25) is 0 Å². The van der Waals surface area contributed by atoms with Crippen LogP contribution >= 0.6 is 0 Å². The SMILES string of the molecule is c1ccc(-c2ccc(-c3nc(-c4ccccc4)nc(-c4cccc(-n5c6ccccc6c6ccccc65)c4)n3)cc2)cc1. The van der Waals surface area contributed by atoms with Gasteiger partial charge in [-0.05, 0) is 35.4 Å². The average Bonchev–Trinajstić information content (AvgIpc) is 3.43. The molecule has 0 bridgehead atoms. The van der Waals surface area contributed by atoms with Crippen LogP contribution in [0.5, 0.6) is 0 Å². The summed E-state index contributed by atoms with van der Waals surface area (Å²) in [7, 11) is 0. The minimum absolute atomic E-state index is 0.638. The second-order valence-corrected chi connectivity index (χ2v) is 10.5. The highest BCUT2D eigenvalue weighted by atomic mass is 15.0. The largest absolute Gasteiger partial charge is 0.309 e. The molecule has 0 amide bonds. The summed E-state index contributed by atoms with van der Waals surface area (Å²) >= 11 is 0. The van der Waals surface area contributed by atoms with E-state index < -0.39 is 0 Å². The second kappa shape index (κ2) is 10.5. The fourth-order valence-corrected chi connectivity index (χ4v) is 5.78. The standard InChI is InChI=1S/C39H26N4/c1-3-12-27(13-4-1)28-22-24-30(25-23-28)38-40-37(29-14-5-2-6-15-29)41-39(42-38)31-16-11-17-32(26-31)43-35-20-9-7-18-33(35)34-19-8-10-21-36(34)43/h1-26H. The zero-order valence-corrected chi connectivity index (χ0v) is 23.3. The number of hydrogen-bond acceptors (Lipinski definition) is 3. The highest BCUT2D eigenvalue weighted by Gasteiger charge is 2.15. The van der Waals surface area contributed by atoms with Crippen LogP contribution in [0.15, 0.2) is 158 Å². The average molecular weight is 551 g/mol. The molecular formula is C39H26N4. The molecule has 0 radical (unpaired) electrons. The Kier molecular flexibility index (Phi) is 6.08. The van der Waals surface area contributed by atoms with Gasteiger partial charge in [-0.25, -0.2) is 15.0 Å². The van der Waals surface area contributed by atoms with Gasteiger partial charge in [0, 0.05) is 33.2 Å². The summed E-state index contributed by atoms with van der Waals surface area (Å²) in [6, 6.07) is 54.5. The first-order valence-corrected chi connectivity index (χ1v) is 14.4. The number of hydrogen-bond donors (Lipinski definition) is 0. The molecule has 4 nitrogen and oxygen atoms in total. The Morgan fingerprint density at radius 3 is 1.35 bits per heavy atom. The van der Waals surface area contributed by atoms with Crippen molar-refractivity contribution in [3.63, 3.8) is 0 Å². The van der Waals surface area contributed by atoms with Crippen molar-refractivity contribution in [3.8, 4) is 51.0 Å². The van der Waals surface area contributed by atoms with Crippen LogP contribution in [0.1, 0.15) is 0 Å². The second-order valence-electron chi connectivity index (χ2n) is 10.5. The smallest absolute Gasteiger partial charge is 0.164 e. The Bertz CT molecular complexity index is 2160. The minimum atomic E-state index is 0.638. The van der Waals surface area contributed by atoms with E-state index in [2.05, 4.69) is 126 Å². The van der Waals surface area contributed by atoms with Gasteiger partial charge < -0.3 is 4.57 Å². The van der Waals surface area contributed by atoms with Crippen molar-refractivity contribution in [2.24, 2.45) is 0 Å². The van der Waals surface area contributed by atoms with E-state index in [1.165, 1.54) is 27.4 Å². The van der Waals surface area contributed by atoms with Gasteiger partial charge in [-0.2, -0.15) is 0 Å². The van der Waals surface area contributed by atoms with Gasteiger partial charge >= 0.3 is 0 Å². The molecule has 2 aromatic heterocycles. The van der Waals surface area contributed by atoms with E-state index in [1.807, 2.05) is 36.4 Å². The van der Waals surface area contributed by atoms with Crippen LogP contribution in [0.3, 0.4) is 0 Å². The molecule has 0 spiro atoms. The maximum atomic E-state index is 5.02. The lowest BCUT2D eigenvalue weighted by Gasteiger charge is -2.12. The van der Waals surface area contributed by atoms with Gasteiger partial charge in [0.1, 0.15) is 0 Å². The van der Waals surface area contributed by atoms with E-state index >= 15 is 0 Å². The van der Waals surface area contributed by atoms with Gasteiger partial charge in [0.05, 0.1) is 11.0 Å². The molecule has 0 unspecified atom stereocenters. The number of fused-ring (bicyclic) bond motifs is 3. The Morgan fingerprint density at radius 1 is 0.326 bits per heavy atom. The van der Waals surface area contributed by atoms with Crippen molar-refractivity contribution in [1.29, 1.82) is 0 Å². The Hall–Kier alpha value is -5.87. The molecule has 0 aliphatic rings. The molecule has 0 saturated carbocycles. The summed E-state index contributed by atoms with van der Waals surface area (Å²) < 4.78 is 2.32.